The molecule has 1 rings (SSSR count). The highest BCUT2D eigenvalue weighted by Crippen LogP contribution is 2.23. The van der Waals surface area contributed by atoms with E-state index < -0.39 is 6.04 Å². The molecule has 0 saturated carbocycles. The van der Waals surface area contributed by atoms with Crippen LogP contribution in [0.2, 0.25) is 0 Å². The predicted molar refractivity (Wildman–Crippen MR) is 126 cm³/mol. The molecule has 0 bridgehead atoms. The number of carbonyl (C=O) groups excluding carboxylic acids is 4. The van der Waals surface area contributed by atoms with Gasteiger partial charge in [0.2, 0.25) is 24.1 Å². The van der Waals surface area contributed by atoms with Crippen LogP contribution in [0, 0.1) is 5.92 Å². The Bertz CT molecular complexity index is 677. The van der Waals surface area contributed by atoms with Gasteiger partial charge < -0.3 is 20.0 Å². The van der Waals surface area contributed by atoms with Gasteiger partial charge in [-0.1, -0.05) is 46.1 Å². The third kappa shape index (κ3) is 7.95. The first-order chi connectivity index (χ1) is 15.1. The highest BCUT2D eigenvalue weighted by atomic mass is 16.2. The summed E-state index contributed by atoms with van der Waals surface area (Å²) in [5, 5.41) is 2.38. The number of rotatable bonds is 13. The first-order valence-corrected chi connectivity index (χ1v) is 11.8. The largest absolute Gasteiger partial charge is 0.350 e. The van der Waals surface area contributed by atoms with Gasteiger partial charge in [-0.25, -0.2) is 0 Å². The van der Waals surface area contributed by atoms with Crippen molar-refractivity contribution in [2.45, 2.75) is 78.3 Å². The van der Waals surface area contributed by atoms with Crippen molar-refractivity contribution in [3.8, 4) is 0 Å². The minimum Gasteiger partial charge on any atom is -0.350 e. The average molecular weight is 451 g/mol. The monoisotopic (exact) mass is 450 g/mol. The van der Waals surface area contributed by atoms with Gasteiger partial charge in [-0.2, -0.15) is 0 Å². The SMILES string of the molecule is CCCCCCN(C)C(=O)[C@@H]1CCCN1C(=O)/C(C)=C/[C@H](C(C)C)N(C)C(=O)CNC=O. The molecule has 2 atom stereocenters. The Kier molecular flexibility index (Phi) is 12.0. The lowest BCUT2D eigenvalue weighted by molar-refractivity contribution is -0.141. The average Bonchev–Trinajstić information content (AvgIpc) is 3.26. The van der Waals surface area contributed by atoms with E-state index in [0.717, 1.165) is 25.7 Å². The zero-order chi connectivity index (χ0) is 24.3. The van der Waals surface area contributed by atoms with E-state index in [9.17, 15) is 19.2 Å². The zero-order valence-electron chi connectivity index (χ0n) is 20.7. The number of nitrogens with one attached hydrogen (secondary N) is 1. The fourth-order valence-electron chi connectivity index (χ4n) is 4.13. The Labute approximate surface area is 193 Å². The number of unbranched alkanes of at least 4 members (excludes halogenated alkanes) is 3. The van der Waals surface area contributed by atoms with Crippen LogP contribution in [0.4, 0.5) is 0 Å². The van der Waals surface area contributed by atoms with Gasteiger partial charge in [-0.3, -0.25) is 19.2 Å². The van der Waals surface area contributed by atoms with Crippen molar-refractivity contribution in [3.63, 3.8) is 0 Å². The van der Waals surface area contributed by atoms with E-state index in [1.54, 1.807) is 34.7 Å². The summed E-state index contributed by atoms with van der Waals surface area (Å²) in [4.78, 5) is 54.0. The summed E-state index contributed by atoms with van der Waals surface area (Å²) in [7, 11) is 3.49. The fraction of sp³-hybridized carbons (Fsp3) is 0.750. The molecule has 1 aliphatic rings. The van der Waals surface area contributed by atoms with Gasteiger partial charge in [0.05, 0.1) is 12.6 Å². The second-order valence-corrected chi connectivity index (χ2v) is 9.06. The number of likely N-dealkylation sites (N-methyl/N-ethyl adjacent to an activating group) is 2. The second-order valence-electron chi connectivity index (χ2n) is 9.06. The highest BCUT2D eigenvalue weighted by molar-refractivity contribution is 5.97. The quantitative estimate of drug-likeness (QED) is 0.265. The Morgan fingerprint density at radius 3 is 2.44 bits per heavy atom. The number of hydrogen-bond acceptors (Lipinski definition) is 4. The molecule has 1 N–H and O–H groups in total. The third-order valence-corrected chi connectivity index (χ3v) is 6.14. The Morgan fingerprint density at radius 2 is 1.84 bits per heavy atom. The molecule has 4 amide bonds. The summed E-state index contributed by atoms with van der Waals surface area (Å²) in [6, 6.07) is -0.714. The Balaban J connectivity index is 2.88. The van der Waals surface area contributed by atoms with E-state index >= 15 is 0 Å². The molecule has 1 saturated heterocycles. The minimum atomic E-state index is -0.421. The van der Waals surface area contributed by atoms with E-state index in [1.165, 1.54) is 6.42 Å². The van der Waals surface area contributed by atoms with E-state index in [4.69, 9.17) is 0 Å². The summed E-state index contributed by atoms with van der Waals surface area (Å²) in [6.07, 6.45) is 8.19. The molecule has 1 heterocycles. The van der Waals surface area contributed by atoms with Crippen LogP contribution in [-0.2, 0) is 19.2 Å². The lowest BCUT2D eigenvalue weighted by Crippen LogP contribution is -2.47. The first-order valence-electron chi connectivity index (χ1n) is 11.8. The minimum absolute atomic E-state index is 0.00721. The maximum absolute atomic E-state index is 13.2. The molecular formula is C24H42N4O4. The van der Waals surface area contributed by atoms with Crippen molar-refractivity contribution >= 4 is 24.1 Å². The molecule has 182 valence electrons. The molecule has 8 heteroatoms. The summed E-state index contributed by atoms with van der Waals surface area (Å²) in [6.45, 7) is 9.05. The lowest BCUT2D eigenvalue weighted by atomic mass is 9.99. The fourth-order valence-corrected chi connectivity index (χ4v) is 4.13. The second kappa shape index (κ2) is 13.9. The van der Waals surface area contributed by atoms with Crippen molar-refractivity contribution in [3.05, 3.63) is 11.6 Å². The summed E-state index contributed by atoms with van der Waals surface area (Å²) < 4.78 is 0. The van der Waals surface area contributed by atoms with Crippen LogP contribution < -0.4 is 5.32 Å². The number of likely N-dealkylation sites (tertiary alicyclic amines) is 1. The van der Waals surface area contributed by atoms with Crippen LogP contribution in [0.1, 0.15) is 66.2 Å². The van der Waals surface area contributed by atoms with Crippen LogP contribution in [0.25, 0.3) is 0 Å². The Hall–Kier alpha value is -2.38. The van der Waals surface area contributed by atoms with Crippen LogP contribution in [0.15, 0.2) is 11.6 Å². The van der Waals surface area contributed by atoms with Crippen LogP contribution in [0.3, 0.4) is 0 Å². The van der Waals surface area contributed by atoms with Crippen molar-refractivity contribution in [1.29, 1.82) is 0 Å². The van der Waals surface area contributed by atoms with Gasteiger partial charge in [0, 0.05) is 32.8 Å². The van der Waals surface area contributed by atoms with Crippen LogP contribution in [0.5, 0.6) is 0 Å². The Morgan fingerprint density at radius 1 is 1.16 bits per heavy atom. The summed E-state index contributed by atoms with van der Waals surface area (Å²) in [5.74, 6) is -0.301. The molecule has 0 aromatic heterocycles. The van der Waals surface area contributed by atoms with Gasteiger partial charge in [0.15, 0.2) is 0 Å². The van der Waals surface area contributed by atoms with E-state index in [-0.39, 0.29) is 36.2 Å². The molecule has 0 aliphatic carbocycles. The van der Waals surface area contributed by atoms with Gasteiger partial charge in [0.25, 0.3) is 0 Å². The lowest BCUT2D eigenvalue weighted by Gasteiger charge is -2.31. The number of nitrogens with zero attached hydrogens (tertiary/aromatic N) is 3. The van der Waals surface area contributed by atoms with Crippen molar-refractivity contribution < 1.29 is 19.2 Å². The normalized spacial score (nSPS) is 17.3. The summed E-state index contributed by atoms with van der Waals surface area (Å²) >= 11 is 0. The standard InChI is InChI=1S/C24H42N4O4/c1-7-8-9-10-13-26(5)24(32)20-12-11-14-28(20)23(31)19(4)15-21(18(2)3)27(6)22(30)16-25-17-29/h15,17-18,20-21H,7-14,16H2,1-6H3,(H,25,29)/b19-15+/t20-,21+/m0/s1. The van der Waals surface area contributed by atoms with Crippen molar-refractivity contribution in [2.75, 3.05) is 33.7 Å². The molecule has 0 spiro atoms. The van der Waals surface area contributed by atoms with E-state index in [2.05, 4.69) is 12.2 Å². The van der Waals surface area contributed by atoms with Gasteiger partial charge >= 0.3 is 0 Å². The number of hydrogen-bond donors (Lipinski definition) is 1. The molecule has 0 aromatic rings. The predicted octanol–water partition coefficient (Wildman–Crippen LogP) is 2.19. The topological polar surface area (TPSA) is 90.0 Å². The van der Waals surface area contributed by atoms with Crippen molar-refractivity contribution in [2.24, 2.45) is 5.92 Å². The molecule has 0 radical (unpaired) electrons. The molecule has 32 heavy (non-hydrogen) atoms. The number of carbonyl (C=O) groups is 4. The maximum Gasteiger partial charge on any atom is 0.249 e. The third-order valence-electron chi connectivity index (χ3n) is 6.14. The van der Waals surface area contributed by atoms with Gasteiger partial charge in [-0.15, -0.1) is 0 Å². The molecule has 1 aliphatic heterocycles. The van der Waals surface area contributed by atoms with Crippen LogP contribution >= 0.6 is 0 Å². The first kappa shape index (κ1) is 27.7. The molecule has 0 unspecified atom stereocenters. The van der Waals surface area contributed by atoms with Crippen molar-refractivity contribution in [1.82, 2.24) is 20.0 Å². The summed E-state index contributed by atoms with van der Waals surface area (Å²) in [5.41, 5.74) is 0.525. The highest BCUT2D eigenvalue weighted by Gasteiger charge is 2.36. The zero-order valence-corrected chi connectivity index (χ0v) is 20.7. The molecule has 8 nitrogen and oxygen atoms in total. The van der Waals surface area contributed by atoms with Crippen LogP contribution in [-0.4, -0.2) is 84.6 Å². The molecule has 1 fully saturated rings. The van der Waals surface area contributed by atoms with E-state index in [0.29, 0.717) is 31.5 Å². The maximum atomic E-state index is 13.2. The van der Waals surface area contributed by atoms with Gasteiger partial charge in [-0.05, 0) is 32.1 Å². The smallest absolute Gasteiger partial charge is 0.249 e. The molecular weight excluding hydrogens is 408 g/mol. The van der Waals surface area contributed by atoms with Gasteiger partial charge in [0.1, 0.15) is 6.04 Å². The van der Waals surface area contributed by atoms with E-state index in [1.807, 2.05) is 20.9 Å². The number of amides is 4. The molecule has 0 aromatic carbocycles.